The molecule has 0 unspecified atom stereocenters. The second kappa shape index (κ2) is 5.66. The van der Waals surface area contributed by atoms with Gasteiger partial charge >= 0.3 is 0 Å². The van der Waals surface area contributed by atoms with E-state index in [-0.39, 0.29) is 5.84 Å². The molecule has 4 heteroatoms. The van der Waals surface area contributed by atoms with Gasteiger partial charge in [0, 0.05) is 24.3 Å². The molecule has 0 aliphatic rings. The summed E-state index contributed by atoms with van der Waals surface area (Å²) >= 11 is 0. The normalized spacial score (nSPS) is 10.9. The highest BCUT2D eigenvalue weighted by atomic mass is 15.2. The topological polar surface area (TPSA) is 66.0 Å². The van der Waals surface area contributed by atoms with Gasteiger partial charge in [-0.1, -0.05) is 13.8 Å². The Hall–Kier alpha value is -1.58. The maximum absolute atomic E-state index is 7.45. The first-order valence-corrected chi connectivity index (χ1v) is 5.99. The summed E-state index contributed by atoms with van der Waals surface area (Å²) in [6.07, 6.45) is 1.71. The van der Waals surface area contributed by atoms with Crippen molar-refractivity contribution in [2.45, 2.75) is 33.7 Å². The fraction of sp³-hybridized carbons (Fsp3) is 0.538. The van der Waals surface area contributed by atoms with Crippen LogP contribution in [0, 0.1) is 11.3 Å². The van der Waals surface area contributed by atoms with Gasteiger partial charge in [-0.2, -0.15) is 0 Å². The number of hydrogen-bond donors (Lipinski definition) is 2. The molecule has 0 spiro atoms. The van der Waals surface area contributed by atoms with Gasteiger partial charge in [0.05, 0.1) is 0 Å². The summed E-state index contributed by atoms with van der Waals surface area (Å²) in [5.74, 6) is 1.54. The quantitative estimate of drug-likeness (QED) is 0.606. The first-order chi connectivity index (χ1) is 7.91. The van der Waals surface area contributed by atoms with E-state index in [0.717, 1.165) is 17.9 Å². The second-order valence-corrected chi connectivity index (χ2v) is 4.96. The molecule has 0 aromatic carbocycles. The molecule has 94 valence electrons. The predicted molar refractivity (Wildman–Crippen MR) is 72.6 cm³/mol. The lowest BCUT2D eigenvalue weighted by Gasteiger charge is -2.29. The number of nitrogens with one attached hydrogen (secondary N) is 1. The largest absolute Gasteiger partial charge is 0.384 e. The third-order valence-corrected chi connectivity index (χ3v) is 2.54. The Labute approximate surface area is 103 Å². The fourth-order valence-corrected chi connectivity index (χ4v) is 1.71. The van der Waals surface area contributed by atoms with Crippen molar-refractivity contribution in [3.05, 3.63) is 23.9 Å². The molecule has 0 saturated carbocycles. The molecule has 0 fully saturated rings. The van der Waals surface area contributed by atoms with E-state index in [4.69, 9.17) is 11.1 Å². The van der Waals surface area contributed by atoms with Gasteiger partial charge in [-0.05, 0) is 31.9 Å². The summed E-state index contributed by atoms with van der Waals surface area (Å²) in [5.41, 5.74) is 6.22. The van der Waals surface area contributed by atoms with E-state index in [2.05, 4.69) is 37.6 Å². The van der Waals surface area contributed by atoms with Crippen molar-refractivity contribution in [2.75, 3.05) is 11.4 Å². The Morgan fingerprint density at radius 3 is 2.53 bits per heavy atom. The number of rotatable bonds is 5. The molecule has 1 aromatic heterocycles. The molecule has 0 bridgehead atoms. The molecular weight excluding hydrogens is 212 g/mol. The van der Waals surface area contributed by atoms with Crippen LogP contribution in [-0.2, 0) is 0 Å². The lowest BCUT2D eigenvalue weighted by atomic mass is 10.1. The molecule has 1 heterocycles. The van der Waals surface area contributed by atoms with Crippen molar-refractivity contribution in [3.8, 4) is 0 Å². The van der Waals surface area contributed by atoms with Crippen LogP contribution in [0.1, 0.15) is 33.3 Å². The number of hydrogen-bond acceptors (Lipinski definition) is 3. The molecule has 17 heavy (non-hydrogen) atoms. The van der Waals surface area contributed by atoms with Crippen molar-refractivity contribution in [1.82, 2.24) is 4.98 Å². The highest BCUT2D eigenvalue weighted by Crippen LogP contribution is 2.17. The molecule has 0 radical (unpaired) electrons. The van der Waals surface area contributed by atoms with Crippen LogP contribution in [0.15, 0.2) is 18.3 Å². The van der Waals surface area contributed by atoms with E-state index < -0.39 is 0 Å². The zero-order valence-electron chi connectivity index (χ0n) is 11.1. The molecule has 0 atom stereocenters. The Balaban J connectivity index is 3.01. The molecule has 0 amide bonds. The van der Waals surface area contributed by atoms with Crippen LogP contribution < -0.4 is 10.6 Å². The summed E-state index contributed by atoms with van der Waals surface area (Å²) in [5, 5.41) is 7.45. The predicted octanol–water partition coefficient (Wildman–Crippen LogP) is 2.24. The fourth-order valence-electron chi connectivity index (χ4n) is 1.71. The standard InChI is InChI=1S/C13H22N4/c1-9(2)8-17(10(3)4)12-7-11(13(14)15)5-6-16-12/h5-7,9-10H,8H2,1-4H3,(H3,14,15). The van der Waals surface area contributed by atoms with E-state index in [1.165, 1.54) is 0 Å². The van der Waals surface area contributed by atoms with Gasteiger partial charge in [0.1, 0.15) is 11.7 Å². The summed E-state index contributed by atoms with van der Waals surface area (Å²) in [4.78, 5) is 6.60. The third-order valence-electron chi connectivity index (χ3n) is 2.54. The smallest absolute Gasteiger partial charge is 0.129 e. The zero-order chi connectivity index (χ0) is 13.0. The Morgan fingerprint density at radius 1 is 1.41 bits per heavy atom. The minimum Gasteiger partial charge on any atom is -0.384 e. The van der Waals surface area contributed by atoms with Crippen molar-refractivity contribution in [1.29, 1.82) is 5.41 Å². The van der Waals surface area contributed by atoms with Crippen molar-refractivity contribution < 1.29 is 0 Å². The van der Waals surface area contributed by atoms with Gasteiger partial charge in [0.25, 0.3) is 0 Å². The molecule has 0 aliphatic heterocycles. The summed E-state index contributed by atoms with van der Waals surface area (Å²) in [6.45, 7) is 9.61. The summed E-state index contributed by atoms with van der Waals surface area (Å²) in [7, 11) is 0. The number of pyridine rings is 1. The van der Waals surface area contributed by atoms with Crippen LogP contribution in [-0.4, -0.2) is 23.4 Å². The van der Waals surface area contributed by atoms with Crippen molar-refractivity contribution in [2.24, 2.45) is 11.7 Å². The van der Waals surface area contributed by atoms with Crippen LogP contribution in [0.25, 0.3) is 0 Å². The van der Waals surface area contributed by atoms with E-state index >= 15 is 0 Å². The lowest BCUT2D eigenvalue weighted by Crippen LogP contribution is -2.35. The first-order valence-electron chi connectivity index (χ1n) is 5.99. The third kappa shape index (κ3) is 3.73. The van der Waals surface area contributed by atoms with Crippen LogP contribution in [0.3, 0.4) is 0 Å². The average Bonchev–Trinajstić information content (AvgIpc) is 2.25. The summed E-state index contributed by atoms with van der Waals surface area (Å²) in [6, 6.07) is 4.02. The molecule has 3 N–H and O–H groups in total. The van der Waals surface area contributed by atoms with Gasteiger partial charge in [-0.25, -0.2) is 4.98 Å². The van der Waals surface area contributed by atoms with E-state index in [0.29, 0.717) is 12.0 Å². The van der Waals surface area contributed by atoms with E-state index in [1.54, 1.807) is 12.3 Å². The summed E-state index contributed by atoms with van der Waals surface area (Å²) < 4.78 is 0. The molecule has 0 saturated heterocycles. The molecule has 1 aromatic rings. The van der Waals surface area contributed by atoms with Gasteiger partial charge in [0.2, 0.25) is 0 Å². The maximum Gasteiger partial charge on any atom is 0.129 e. The van der Waals surface area contributed by atoms with Crippen molar-refractivity contribution in [3.63, 3.8) is 0 Å². The second-order valence-electron chi connectivity index (χ2n) is 4.96. The zero-order valence-corrected chi connectivity index (χ0v) is 11.1. The number of anilines is 1. The number of nitrogens with two attached hydrogens (primary N) is 1. The Kier molecular flexibility index (Phi) is 4.49. The molecule has 1 rings (SSSR count). The lowest BCUT2D eigenvalue weighted by molar-refractivity contribution is 0.566. The monoisotopic (exact) mass is 234 g/mol. The Morgan fingerprint density at radius 2 is 2.06 bits per heavy atom. The minimum absolute atomic E-state index is 0.0851. The number of amidine groups is 1. The van der Waals surface area contributed by atoms with E-state index in [1.807, 2.05) is 6.07 Å². The van der Waals surface area contributed by atoms with Crippen molar-refractivity contribution >= 4 is 11.7 Å². The van der Waals surface area contributed by atoms with Crippen LogP contribution in [0.5, 0.6) is 0 Å². The van der Waals surface area contributed by atoms with Gasteiger partial charge in [0.15, 0.2) is 0 Å². The number of nitrogens with zero attached hydrogens (tertiary/aromatic N) is 2. The highest BCUT2D eigenvalue weighted by Gasteiger charge is 2.14. The SMILES string of the molecule is CC(C)CN(c1cc(C(=N)N)ccn1)C(C)C. The van der Waals surface area contributed by atoms with Crippen LogP contribution in [0.2, 0.25) is 0 Å². The average molecular weight is 234 g/mol. The highest BCUT2D eigenvalue weighted by molar-refractivity contribution is 5.95. The molecule has 0 aliphatic carbocycles. The van der Waals surface area contributed by atoms with Crippen LogP contribution >= 0.6 is 0 Å². The van der Waals surface area contributed by atoms with Gasteiger partial charge < -0.3 is 10.6 Å². The molecule has 4 nitrogen and oxygen atoms in total. The molecular formula is C13H22N4. The number of aromatic nitrogens is 1. The van der Waals surface area contributed by atoms with Gasteiger partial charge in [-0.3, -0.25) is 5.41 Å². The van der Waals surface area contributed by atoms with E-state index in [9.17, 15) is 0 Å². The minimum atomic E-state index is 0.0851. The van der Waals surface area contributed by atoms with Crippen LogP contribution in [0.4, 0.5) is 5.82 Å². The maximum atomic E-state index is 7.45. The van der Waals surface area contributed by atoms with Gasteiger partial charge in [-0.15, -0.1) is 0 Å². The Bertz CT molecular complexity index is 385. The first kappa shape index (κ1) is 13.5. The number of nitrogen functional groups attached to an aromatic ring is 1.